The van der Waals surface area contributed by atoms with Gasteiger partial charge in [-0.1, -0.05) is 38.5 Å². The van der Waals surface area contributed by atoms with Crippen LogP contribution in [0.3, 0.4) is 0 Å². The van der Waals surface area contributed by atoms with Crippen LogP contribution >= 0.6 is 11.6 Å². The van der Waals surface area contributed by atoms with Gasteiger partial charge in [-0.2, -0.15) is 0 Å². The molecule has 4 nitrogen and oxygen atoms in total. The second-order valence-corrected chi connectivity index (χ2v) is 4.72. The van der Waals surface area contributed by atoms with E-state index in [0.29, 0.717) is 13.0 Å². The van der Waals surface area contributed by atoms with Crippen molar-refractivity contribution < 1.29 is 14.7 Å². The predicted octanol–water partition coefficient (Wildman–Crippen LogP) is 2.94. The first-order valence-electron chi connectivity index (χ1n) is 6.71. The van der Waals surface area contributed by atoms with Gasteiger partial charge in [0.2, 0.25) is 5.91 Å². The van der Waals surface area contributed by atoms with E-state index >= 15 is 0 Å². The van der Waals surface area contributed by atoms with Gasteiger partial charge in [0.1, 0.15) is 5.88 Å². The van der Waals surface area contributed by atoms with Crippen LogP contribution in [0.15, 0.2) is 0 Å². The first-order valence-corrected chi connectivity index (χ1v) is 7.24. The summed E-state index contributed by atoms with van der Waals surface area (Å²) in [7, 11) is 0. The lowest BCUT2D eigenvalue weighted by molar-refractivity contribution is -0.137. The van der Waals surface area contributed by atoms with Crippen LogP contribution in [-0.2, 0) is 9.59 Å². The number of carbonyl (C=O) groups is 2. The maximum absolute atomic E-state index is 10.8. The van der Waals surface area contributed by atoms with Crippen molar-refractivity contribution in [3.63, 3.8) is 0 Å². The minimum atomic E-state index is -0.700. The van der Waals surface area contributed by atoms with Crippen LogP contribution < -0.4 is 5.32 Å². The van der Waals surface area contributed by atoms with Crippen LogP contribution in [0.1, 0.15) is 57.8 Å². The third-order valence-electron chi connectivity index (χ3n) is 2.76. The van der Waals surface area contributed by atoms with Crippen molar-refractivity contribution in [2.45, 2.75) is 57.8 Å². The molecule has 0 unspecified atom stereocenters. The van der Waals surface area contributed by atoms with Crippen molar-refractivity contribution in [2.75, 3.05) is 12.4 Å². The van der Waals surface area contributed by atoms with E-state index in [-0.39, 0.29) is 11.8 Å². The fourth-order valence-electron chi connectivity index (χ4n) is 1.74. The van der Waals surface area contributed by atoms with Gasteiger partial charge >= 0.3 is 5.97 Å². The number of alkyl halides is 1. The number of aliphatic carboxylic acids is 1. The smallest absolute Gasteiger partial charge is 0.303 e. The number of amides is 1. The van der Waals surface area contributed by atoms with Gasteiger partial charge in [0, 0.05) is 13.0 Å². The van der Waals surface area contributed by atoms with Crippen molar-refractivity contribution >= 4 is 23.5 Å². The maximum atomic E-state index is 10.8. The number of unbranched alkanes of at least 4 members (excludes halogenated alkanes) is 7. The van der Waals surface area contributed by atoms with E-state index in [9.17, 15) is 9.59 Å². The molecule has 0 aromatic heterocycles. The predicted molar refractivity (Wildman–Crippen MR) is 72.9 cm³/mol. The molecular formula is C13H24ClNO3. The topological polar surface area (TPSA) is 66.4 Å². The van der Waals surface area contributed by atoms with Gasteiger partial charge in [-0.3, -0.25) is 9.59 Å². The summed E-state index contributed by atoms with van der Waals surface area (Å²) >= 11 is 5.35. The van der Waals surface area contributed by atoms with Gasteiger partial charge in [-0.05, 0) is 12.8 Å². The lowest BCUT2D eigenvalue weighted by atomic mass is 10.1. The normalized spacial score (nSPS) is 10.3. The number of carboxylic acids is 1. The Morgan fingerprint density at radius 1 is 0.889 bits per heavy atom. The van der Waals surface area contributed by atoms with E-state index in [2.05, 4.69) is 5.32 Å². The summed E-state index contributed by atoms with van der Waals surface area (Å²) in [5.74, 6) is -0.764. The van der Waals surface area contributed by atoms with E-state index in [1.807, 2.05) is 0 Å². The molecule has 0 bridgehead atoms. The number of halogens is 1. The summed E-state index contributed by atoms with van der Waals surface area (Å²) in [5.41, 5.74) is 0. The summed E-state index contributed by atoms with van der Waals surface area (Å²) in [5, 5.41) is 11.2. The molecule has 0 aliphatic rings. The number of hydrogen-bond donors (Lipinski definition) is 2. The zero-order chi connectivity index (χ0) is 13.6. The first kappa shape index (κ1) is 17.2. The lowest BCUT2D eigenvalue weighted by Crippen LogP contribution is -2.25. The fourth-order valence-corrected chi connectivity index (χ4v) is 1.83. The molecule has 0 aliphatic carbocycles. The molecule has 2 N–H and O–H groups in total. The average molecular weight is 278 g/mol. The largest absolute Gasteiger partial charge is 0.481 e. The highest BCUT2D eigenvalue weighted by atomic mass is 35.5. The van der Waals surface area contributed by atoms with Crippen molar-refractivity contribution in [3.8, 4) is 0 Å². The van der Waals surface area contributed by atoms with Gasteiger partial charge < -0.3 is 10.4 Å². The van der Waals surface area contributed by atoms with Crippen molar-refractivity contribution in [3.05, 3.63) is 0 Å². The molecule has 0 aromatic rings. The minimum Gasteiger partial charge on any atom is -0.481 e. The Labute approximate surface area is 114 Å². The Bertz CT molecular complexity index is 234. The molecular weight excluding hydrogens is 254 g/mol. The molecule has 0 aliphatic heterocycles. The SMILES string of the molecule is O=C(O)CCCCCCCCCCNC(=O)CCl. The summed E-state index contributed by atoms with van der Waals surface area (Å²) in [4.78, 5) is 21.1. The summed E-state index contributed by atoms with van der Waals surface area (Å²) < 4.78 is 0. The van der Waals surface area contributed by atoms with Crippen LogP contribution in [-0.4, -0.2) is 29.4 Å². The number of carboxylic acid groups (broad SMARTS) is 1. The number of hydrogen-bond acceptors (Lipinski definition) is 2. The highest BCUT2D eigenvalue weighted by Gasteiger charge is 1.98. The van der Waals surface area contributed by atoms with E-state index in [0.717, 1.165) is 32.1 Å². The van der Waals surface area contributed by atoms with Gasteiger partial charge in [0.15, 0.2) is 0 Å². The van der Waals surface area contributed by atoms with E-state index in [4.69, 9.17) is 16.7 Å². The second kappa shape index (κ2) is 12.7. The van der Waals surface area contributed by atoms with Gasteiger partial charge in [0.05, 0.1) is 0 Å². The number of carbonyl (C=O) groups excluding carboxylic acids is 1. The molecule has 5 heteroatoms. The third kappa shape index (κ3) is 13.3. The molecule has 0 rings (SSSR count). The van der Waals surface area contributed by atoms with E-state index < -0.39 is 5.97 Å². The molecule has 0 saturated carbocycles. The van der Waals surface area contributed by atoms with E-state index in [1.165, 1.54) is 19.3 Å². The quantitative estimate of drug-likeness (QED) is 0.426. The molecule has 0 fully saturated rings. The van der Waals surface area contributed by atoms with Crippen molar-refractivity contribution in [1.29, 1.82) is 0 Å². The molecule has 106 valence electrons. The van der Waals surface area contributed by atoms with Crippen LogP contribution in [0.2, 0.25) is 0 Å². The first-order chi connectivity index (χ1) is 8.66. The van der Waals surface area contributed by atoms with Crippen LogP contribution in [0.4, 0.5) is 0 Å². The molecule has 0 radical (unpaired) electrons. The van der Waals surface area contributed by atoms with Crippen molar-refractivity contribution in [1.82, 2.24) is 5.32 Å². The molecule has 1 amide bonds. The Hall–Kier alpha value is -0.770. The summed E-state index contributed by atoms with van der Waals surface area (Å²) in [6.07, 6.45) is 8.88. The Morgan fingerprint density at radius 3 is 1.89 bits per heavy atom. The maximum Gasteiger partial charge on any atom is 0.303 e. The van der Waals surface area contributed by atoms with Gasteiger partial charge in [-0.25, -0.2) is 0 Å². The Morgan fingerprint density at radius 2 is 1.39 bits per heavy atom. The Kier molecular flexibility index (Phi) is 12.1. The lowest BCUT2D eigenvalue weighted by Gasteiger charge is -2.03. The molecule has 0 heterocycles. The van der Waals surface area contributed by atoms with Gasteiger partial charge in [-0.15, -0.1) is 11.6 Å². The molecule has 0 aromatic carbocycles. The Balaban J connectivity index is 3.03. The summed E-state index contributed by atoms with van der Waals surface area (Å²) in [6, 6.07) is 0. The van der Waals surface area contributed by atoms with Crippen LogP contribution in [0, 0.1) is 0 Å². The van der Waals surface area contributed by atoms with Crippen LogP contribution in [0.5, 0.6) is 0 Å². The zero-order valence-corrected chi connectivity index (χ0v) is 11.7. The molecule has 0 atom stereocenters. The highest BCUT2D eigenvalue weighted by Crippen LogP contribution is 2.09. The van der Waals surface area contributed by atoms with Crippen molar-refractivity contribution in [2.24, 2.45) is 0 Å². The molecule has 0 spiro atoms. The fraction of sp³-hybridized carbons (Fsp3) is 0.846. The zero-order valence-electron chi connectivity index (χ0n) is 10.9. The second-order valence-electron chi connectivity index (χ2n) is 4.46. The third-order valence-corrected chi connectivity index (χ3v) is 3.00. The number of nitrogens with one attached hydrogen (secondary N) is 1. The highest BCUT2D eigenvalue weighted by molar-refractivity contribution is 6.27. The summed E-state index contributed by atoms with van der Waals surface area (Å²) in [6.45, 7) is 0.712. The van der Waals surface area contributed by atoms with Gasteiger partial charge in [0.25, 0.3) is 0 Å². The monoisotopic (exact) mass is 277 g/mol. The molecule has 0 saturated heterocycles. The average Bonchev–Trinajstić information content (AvgIpc) is 2.35. The standard InChI is InChI=1S/C13H24ClNO3/c14-11-12(16)15-10-8-6-4-2-1-3-5-7-9-13(17)18/h1-11H2,(H,15,16)(H,17,18). The number of rotatable bonds is 12. The van der Waals surface area contributed by atoms with Crippen LogP contribution in [0.25, 0.3) is 0 Å². The van der Waals surface area contributed by atoms with E-state index in [1.54, 1.807) is 0 Å². The minimum absolute atomic E-state index is 0.0380. The molecule has 18 heavy (non-hydrogen) atoms.